The number of aryl methyl sites for hydroxylation is 4. The Balaban J connectivity index is 0.00000207. The summed E-state index contributed by atoms with van der Waals surface area (Å²) in [5.41, 5.74) is 7.38. The van der Waals surface area contributed by atoms with Gasteiger partial charge in [0.1, 0.15) is 0 Å². The summed E-state index contributed by atoms with van der Waals surface area (Å²) in [6.07, 6.45) is 14.1. The van der Waals surface area contributed by atoms with Gasteiger partial charge in [0.05, 0.1) is 17.8 Å². The Kier molecular flexibility index (Phi) is 12.5. The molecule has 0 saturated heterocycles. The van der Waals surface area contributed by atoms with E-state index in [9.17, 15) is 0 Å². The normalized spacial score (nSPS) is 12.1. The first-order chi connectivity index (χ1) is 25.4. The van der Waals surface area contributed by atoms with Crippen LogP contribution in [0.1, 0.15) is 88.1 Å². The highest BCUT2D eigenvalue weighted by Gasteiger charge is 2.25. The fourth-order valence-electron chi connectivity index (χ4n) is 6.87. The molecule has 0 saturated carbocycles. The van der Waals surface area contributed by atoms with Crippen molar-refractivity contribution in [2.24, 2.45) is 0 Å². The van der Waals surface area contributed by atoms with Gasteiger partial charge in [0.2, 0.25) is 0 Å². The third kappa shape index (κ3) is 8.53. The Bertz CT molecular complexity index is 2380. The zero-order valence-corrected chi connectivity index (χ0v) is 36.1. The van der Waals surface area contributed by atoms with Gasteiger partial charge in [-0.05, 0) is 150 Å². The molecule has 0 spiro atoms. The van der Waals surface area contributed by atoms with Crippen LogP contribution < -0.4 is 0 Å². The Morgan fingerprint density at radius 1 is 0.596 bits per heavy atom. The zero-order chi connectivity index (χ0) is 36.2. The highest BCUT2D eigenvalue weighted by molar-refractivity contribution is 8.01. The molecule has 0 fully saturated rings. The topological polar surface area (TPSA) is 0 Å². The molecule has 268 valence electrons. The van der Waals surface area contributed by atoms with Gasteiger partial charge < -0.3 is 0 Å². The van der Waals surface area contributed by atoms with Crippen molar-refractivity contribution in [3.8, 4) is 10.4 Å². The molecule has 4 aromatic heterocycles. The van der Waals surface area contributed by atoms with E-state index in [1.165, 1.54) is 124 Å². The molecule has 0 aliphatic heterocycles. The molecular weight excluding hydrogens is 745 g/mol. The first kappa shape index (κ1) is 37.7. The number of benzene rings is 3. The van der Waals surface area contributed by atoms with E-state index in [0.29, 0.717) is 0 Å². The van der Waals surface area contributed by atoms with Gasteiger partial charge in [-0.3, -0.25) is 0 Å². The smallest absolute Gasteiger partial charge is 0.0649 e. The SMILES string of the molecule is CC.CC(C)=CCCCc1ccc(Sc2ccc3c(c2)-c2sc4c(sc5c6cc(Sc7ccc(CCCC=C(C)C)s7)ccc6ccc45)c2CC3)s1. The predicted molar refractivity (Wildman–Crippen MR) is 241 cm³/mol. The molecule has 0 amide bonds. The summed E-state index contributed by atoms with van der Waals surface area (Å²) in [7, 11) is 0. The van der Waals surface area contributed by atoms with E-state index in [4.69, 9.17) is 0 Å². The van der Waals surface area contributed by atoms with Gasteiger partial charge in [-0.25, -0.2) is 0 Å². The lowest BCUT2D eigenvalue weighted by atomic mass is 9.91. The number of unbranched alkanes of at least 4 members (excludes halogenated alkanes) is 2. The average Bonchev–Trinajstić information content (AvgIpc) is 3.94. The third-order valence-electron chi connectivity index (χ3n) is 9.39. The van der Waals surface area contributed by atoms with E-state index in [-0.39, 0.29) is 0 Å². The van der Waals surface area contributed by atoms with Crippen molar-refractivity contribution in [3.63, 3.8) is 0 Å². The third-order valence-corrected chi connectivity index (χ3v) is 16.7. The lowest BCUT2D eigenvalue weighted by Crippen LogP contribution is -2.01. The van der Waals surface area contributed by atoms with Gasteiger partial charge in [0.15, 0.2) is 0 Å². The summed E-state index contributed by atoms with van der Waals surface area (Å²) < 4.78 is 7.23. The second-order valence-corrected chi connectivity index (χ2v) is 20.9. The van der Waals surface area contributed by atoms with Crippen LogP contribution in [0.25, 0.3) is 40.7 Å². The van der Waals surface area contributed by atoms with Crippen molar-refractivity contribution in [1.29, 1.82) is 0 Å². The lowest BCUT2D eigenvalue weighted by molar-refractivity contribution is 0.849. The molecule has 7 aromatic rings. The summed E-state index contributed by atoms with van der Waals surface area (Å²) >= 11 is 11.8. The minimum atomic E-state index is 1.13. The van der Waals surface area contributed by atoms with Gasteiger partial charge >= 0.3 is 0 Å². The van der Waals surface area contributed by atoms with E-state index in [1.807, 2.05) is 82.7 Å². The lowest BCUT2D eigenvalue weighted by Gasteiger charge is -2.17. The highest BCUT2D eigenvalue weighted by atomic mass is 32.2. The van der Waals surface area contributed by atoms with Gasteiger partial charge in [-0.2, -0.15) is 0 Å². The van der Waals surface area contributed by atoms with Gasteiger partial charge in [-0.1, -0.05) is 84.9 Å². The molecule has 6 heteroatoms. The minimum Gasteiger partial charge on any atom is -0.134 e. The van der Waals surface area contributed by atoms with Crippen LogP contribution in [0, 0.1) is 0 Å². The van der Waals surface area contributed by atoms with Gasteiger partial charge in [0, 0.05) is 39.9 Å². The molecular formula is C46H48S6. The largest absolute Gasteiger partial charge is 0.134 e. The molecule has 3 aromatic carbocycles. The summed E-state index contributed by atoms with van der Waals surface area (Å²) in [5.74, 6) is 0. The fourth-order valence-corrected chi connectivity index (χ4v) is 14.4. The van der Waals surface area contributed by atoms with Crippen LogP contribution >= 0.6 is 68.9 Å². The van der Waals surface area contributed by atoms with Crippen LogP contribution in [0.3, 0.4) is 0 Å². The second kappa shape index (κ2) is 17.3. The molecule has 0 N–H and O–H groups in total. The number of thiophene rings is 4. The number of hydrogen-bond donors (Lipinski definition) is 0. The van der Waals surface area contributed by atoms with Crippen LogP contribution in [-0.4, -0.2) is 0 Å². The van der Waals surface area contributed by atoms with Crippen molar-refractivity contribution in [1.82, 2.24) is 0 Å². The molecule has 52 heavy (non-hydrogen) atoms. The molecule has 0 nitrogen and oxygen atoms in total. The highest BCUT2D eigenvalue weighted by Crippen LogP contribution is 2.52. The summed E-state index contributed by atoms with van der Waals surface area (Å²) in [6, 6.07) is 28.3. The van der Waals surface area contributed by atoms with Gasteiger partial charge in [0.25, 0.3) is 0 Å². The number of hydrogen-bond acceptors (Lipinski definition) is 6. The molecule has 1 aliphatic rings. The van der Waals surface area contributed by atoms with Crippen molar-refractivity contribution in [2.75, 3.05) is 0 Å². The molecule has 0 atom stereocenters. The van der Waals surface area contributed by atoms with Crippen molar-refractivity contribution < 1.29 is 0 Å². The Hall–Kier alpha value is -2.58. The summed E-state index contributed by atoms with van der Waals surface area (Å²) in [5, 5.41) is 4.17. The Labute approximate surface area is 335 Å². The van der Waals surface area contributed by atoms with E-state index >= 15 is 0 Å². The summed E-state index contributed by atoms with van der Waals surface area (Å²) in [4.78, 5) is 7.19. The molecule has 0 unspecified atom stereocenters. The van der Waals surface area contributed by atoms with Crippen LogP contribution in [0.4, 0.5) is 0 Å². The zero-order valence-electron chi connectivity index (χ0n) is 31.2. The van der Waals surface area contributed by atoms with Crippen molar-refractivity contribution in [3.05, 3.63) is 117 Å². The minimum absolute atomic E-state index is 1.13. The molecule has 8 rings (SSSR count). The molecule has 4 heterocycles. The molecule has 0 radical (unpaired) electrons. The van der Waals surface area contributed by atoms with Crippen LogP contribution in [-0.2, 0) is 25.7 Å². The Morgan fingerprint density at radius 3 is 1.87 bits per heavy atom. The van der Waals surface area contributed by atoms with Gasteiger partial charge in [-0.15, -0.1) is 45.3 Å². The van der Waals surface area contributed by atoms with E-state index < -0.39 is 0 Å². The predicted octanol–water partition coefficient (Wildman–Crippen LogP) is 17.1. The standard InChI is InChI=1S/C44H42S6.C2H6/c1-27(2)9-5-7-11-31-19-23-39(45-31)47-33-17-13-29-15-21-35-41(37(29)25-33)49-44-36-22-16-30-14-18-34(26-38(30)42(36)50-43(35)44)48-40-24-20-32(46-40)12-8-6-10-28(3)4;1-2/h9-10,13-15,17-21,23-26H,5-8,11-12,16,22H2,1-4H3;1-2H3. The number of rotatable bonds is 12. The molecule has 0 bridgehead atoms. The number of fused-ring (bicyclic) bond motifs is 9. The van der Waals surface area contributed by atoms with E-state index in [2.05, 4.69) is 113 Å². The van der Waals surface area contributed by atoms with E-state index in [0.717, 1.165) is 12.8 Å². The average molecular weight is 793 g/mol. The van der Waals surface area contributed by atoms with Crippen LogP contribution in [0.5, 0.6) is 0 Å². The van der Waals surface area contributed by atoms with Crippen molar-refractivity contribution >= 4 is 99.1 Å². The van der Waals surface area contributed by atoms with Crippen LogP contribution in [0.2, 0.25) is 0 Å². The second-order valence-electron chi connectivity index (χ2n) is 13.8. The van der Waals surface area contributed by atoms with Crippen LogP contribution in [0.15, 0.2) is 114 Å². The van der Waals surface area contributed by atoms with E-state index in [1.54, 1.807) is 5.56 Å². The molecule has 1 aliphatic carbocycles. The fraction of sp³-hybridized carbons (Fsp3) is 0.304. The van der Waals surface area contributed by atoms with Crippen molar-refractivity contribution in [2.45, 2.75) is 111 Å². The number of allylic oxidation sites excluding steroid dienone is 4. The first-order valence-corrected chi connectivity index (χ1v) is 23.6. The summed E-state index contributed by atoms with van der Waals surface area (Å²) in [6.45, 7) is 12.8. The first-order valence-electron chi connectivity index (χ1n) is 18.7. The maximum atomic E-state index is 2.48. The maximum Gasteiger partial charge on any atom is 0.0649 e. The maximum absolute atomic E-state index is 2.48. The monoisotopic (exact) mass is 792 g/mol. The quantitative estimate of drug-likeness (QED) is 0.0893. The Morgan fingerprint density at radius 2 is 1.21 bits per heavy atom.